The standard InChI is InChI=1S/C21H22N2O3S/c24-17(11-23-9-8-22-20(25)12-23)13-26-19-6-5-15-3-1-2-4-18(15)21(19)16-7-10-27-14-16/h1-7,10,14,17,24H,8-9,11-13H2,(H,22,25). The van der Waals surface area contributed by atoms with E-state index >= 15 is 0 Å². The van der Waals surface area contributed by atoms with Crippen LogP contribution in [-0.4, -0.2) is 54.8 Å². The third-order valence-electron chi connectivity index (χ3n) is 4.72. The first kappa shape index (κ1) is 18.0. The quantitative estimate of drug-likeness (QED) is 0.688. The van der Waals surface area contributed by atoms with E-state index in [4.69, 9.17) is 4.74 Å². The van der Waals surface area contributed by atoms with E-state index in [2.05, 4.69) is 34.3 Å². The molecule has 5 nitrogen and oxygen atoms in total. The van der Waals surface area contributed by atoms with E-state index in [1.165, 1.54) is 0 Å². The van der Waals surface area contributed by atoms with Crippen molar-refractivity contribution < 1.29 is 14.6 Å². The fourth-order valence-electron chi connectivity index (χ4n) is 3.46. The molecule has 0 saturated carbocycles. The highest BCUT2D eigenvalue weighted by molar-refractivity contribution is 7.08. The van der Waals surface area contributed by atoms with Gasteiger partial charge in [-0.1, -0.05) is 30.3 Å². The molecular weight excluding hydrogens is 360 g/mol. The molecule has 1 aliphatic heterocycles. The van der Waals surface area contributed by atoms with Crippen LogP contribution in [0.5, 0.6) is 5.75 Å². The predicted molar refractivity (Wildman–Crippen MR) is 108 cm³/mol. The van der Waals surface area contributed by atoms with Crippen molar-refractivity contribution in [3.05, 3.63) is 53.2 Å². The molecule has 1 fully saturated rings. The van der Waals surface area contributed by atoms with Gasteiger partial charge in [0.2, 0.25) is 5.91 Å². The molecule has 1 amide bonds. The summed E-state index contributed by atoms with van der Waals surface area (Å²) in [5.74, 6) is 0.770. The summed E-state index contributed by atoms with van der Waals surface area (Å²) in [7, 11) is 0. The van der Waals surface area contributed by atoms with E-state index in [0.29, 0.717) is 19.6 Å². The number of rotatable bonds is 6. The van der Waals surface area contributed by atoms with Crippen LogP contribution in [0, 0.1) is 0 Å². The van der Waals surface area contributed by atoms with E-state index in [-0.39, 0.29) is 12.5 Å². The van der Waals surface area contributed by atoms with E-state index < -0.39 is 6.10 Å². The number of piperazine rings is 1. The zero-order valence-corrected chi connectivity index (χ0v) is 15.7. The lowest BCUT2D eigenvalue weighted by Gasteiger charge is -2.28. The number of fused-ring (bicyclic) bond motifs is 1. The lowest BCUT2D eigenvalue weighted by molar-refractivity contribution is -0.124. The Bertz CT molecular complexity index is 926. The molecule has 1 saturated heterocycles. The van der Waals surface area contributed by atoms with Gasteiger partial charge in [0.25, 0.3) is 0 Å². The number of aliphatic hydroxyl groups excluding tert-OH is 1. The van der Waals surface area contributed by atoms with Gasteiger partial charge < -0.3 is 15.2 Å². The number of nitrogens with one attached hydrogen (secondary N) is 1. The first-order valence-electron chi connectivity index (χ1n) is 9.05. The van der Waals surface area contributed by atoms with Crippen LogP contribution in [-0.2, 0) is 4.79 Å². The minimum absolute atomic E-state index is 0.00337. The van der Waals surface area contributed by atoms with E-state index in [0.717, 1.165) is 34.2 Å². The van der Waals surface area contributed by atoms with Crippen molar-refractivity contribution in [2.24, 2.45) is 0 Å². The maximum Gasteiger partial charge on any atom is 0.234 e. The highest BCUT2D eigenvalue weighted by atomic mass is 32.1. The van der Waals surface area contributed by atoms with Crippen LogP contribution in [0.2, 0.25) is 0 Å². The molecule has 0 radical (unpaired) electrons. The first-order chi connectivity index (χ1) is 13.2. The Morgan fingerprint density at radius 1 is 1.22 bits per heavy atom. The number of nitrogens with zero attached hydrogens (tertiary/aromatic N) is 1. The number of benzene rings is 2. The molecular formula is C21H22N2O3S. The van der Waals surface area contributed by atoms with Crippen LogP contribution < -0.4 is 10.1 Å². The Morgan fingerprint density at radius 2 is 2.11 bits per heavy atom. The highest BCUT2D eigenvalue weighted by Gasteiger charge is 2.20. The van der Waals surface area contributed by atoms with Gasteiger partial charge >= 0.3 is 0 Å². The number of hydrogen-bond donors (Lipinski definition) is 2. The summed E-state index contributed by atoms with van der Waals surface area (Å²) in [4.78, 5) is 13.4. The zero-order valence-electron chi connectivity index (χ0n) is 14.9. The van der Waals surface area contributed by atoms with Gasteiger partial charge in [-0.3, -0.25) is 9.69 Å². The summed E-state index contributed by atoms with van der Waals surface area (Å²) in [6.07, 6.45) is -0.655. The number of β-amino-alcohol motifs (C(OH)–C–C–N with tert-alkyl or cyclic N) is 1. The predicted octanol–water partition coefficient (Wildman–Crippen LogP) is 2.74. The van der Waals surface area contributed by atoms with Gasteiger partial charge in [-0.15, -0.1) is 0 Å². The van der Waals surface area contributed by atoms with Gasteiger partial charge in [0, 0.05) is 25.2 Å². The van der Waals surface area contributed by atoms with Crippen LogP contribution in [0.25, 0.3) is 21.9 Å². The fraction of sp³-hybridized carbons (Fsp3) is 0.286. The topological polar surface area (TPSA) is 61.8 Å². The molecule has 0 bridgehead atoms. The van der Waals surface area contributed by atoms with E-state index in [9.17, 15) is 9.90 Å². The van der Waals surface area contributed by atoms with Crippen molar-refractivity contribution in [1.82, 2.24) is 10.2 Å². The summed E-state index contributed by atoms with van der Waals surface area (Å²) in [6.45, 7) is 2.31. The normalized spacial score (nSPS) is 16.3. The van der Waals surface area contributed by atoms with Crippen molar-refractivity contribution >= 4 is 28.0 Å². The van der Waals surface area contributed by atoms with Gasteiger partial charge in [-0.2, -0.15) is 11.3 Å². The zero-order chi connectivity index (χ0) is 18.6. The average molecular weight is 382 g/mol. The molecule has 27 heavy (non-hydrogen) atoms. The summed E-state index contributed by atoms with van der Waals surface area (Å²) < 4.78 is 6.03. The lowest BCUT2D eigenvalue weighted by atomic mass is 9.99. The second-order valence-electron chi connectivity index (χ2n) is 6.72. The van der Waals surface area contributed by atoms with E-state index in [1.54, 1.807) is 11.3 Å². The van der Waals surface area contributed by atoms with Crippen LogP contribution in [0.3, 0.4) is 0 Å². The van der Waals surface area contributed by atoms with Gasteiger partial charge in [0.15, 0.2) is 0 Å². The molecule has 2 N–H and O–H groups in total. The van der Waals surface area contributed by atoms with Crippen LogP contribution >= 0.6 is 11.3 Å². The first-order valence-corrected chi connectivity index (χ1v) is 9.99. The lowest BCUT2D eigenvalue weighted by Crippen LogP contribution is -2.50. The van der Waals surface area contributed by atoms with Gasteiger partial charge in [-0.25, -0.2) is 0 Å². The number of hydrogen-bond acceptors (Lipinski definition) is 5. The van der Waals surface area contributed by atoms with Crippen LogP contribution in [0.4, 0.5) is 0 Å². The Kier molecular flexibility index (Phi) is 5.38. The van der Waals surface area contributed by atoms with E-state index in [1.807, 2.05) is 29.2 Å². The smallest absolute Gasteiger partial charge is 0.234 e. The Hall–Kier alpha value is -2.41. The molecule has 2 heterocycles. The third kappa shape index (κ3) is 4.13. The Balaban J connectivity index is 1.52. The molecule has 0 spiro atoms. The largest absolute Gasteiger partial charge is 0.490 e. The summed E-state index contributed by atoms with van der Waals surface area (Å²) >= 11 is 1.65. The number of carbonyl (C=O) groups excluding carboxylic acids is 1. The molecule has 1 aliphatic rings. The minimum Gasteiger partial charge on any atom is -0.490 e. The maximum atomic E-state index is 11.5. The van der Waals surface area contributed by atoms with Crippen molar-refractivity contribution in [3.63, 3.8) is 0 Å². The molecule has 1 unspecified atom stereocenters. The third-order valence-corrected chi connectivity index (χ3v) is 5.40. The van der Waals surface area contributed by atoms with Crippen molar-refractivity contribution in [1.29, 1.82) is 0 Å². The molecule has 6 heteroatoms. The number of thiophene rings is 1. The summed E-state index contributed by atoms with van der Waals surface area (Å²) in [6, 6.07) is 14.3. The Labute approximate surface area is 162 Å². The fourth-order valence-corrected chi connectivity index (χ4v) is 4.11. The Morgan fingerprint density at radius 3 is 2.93 bits per heavy atom. The molecule has 1 aromatic heterocycles. The number of amides is 1. The van der Waals surface area contributed by atoms with Crippen molar-refractivity contribution in [2.75, 3.05) is 32.8 Å². The average Bonchev–Trinajstić information content (AvgIpc) is 3.20. The molecule has 2 aromatic carbocycles. The molecule has 140 valence electrons. The minimum atomic E-state index is -0.655. The van der Waals surface area contributed by atoms with Gasteiger partial charge in [-0.05, 0) is 39.2 Å². The van der Waals surface area contributed by atoms with Crippen molar-refractivity contribution in [2.45, 2.75) is 6.10 Å². The monoisotopic (exact) mass is 382 g/mol. The second kappa shape index (κ2) is 8.08. The SMILES string of the molecule is O=C1CN(CC(O)COc2ccc3ccccc3c2-c2ccsc2)CCN1. The highest BCUT2D eigenvalue weighted by Crippen LogP contribution is 2.38. The van der Waals surface area contributed by atoms with Crippen LogP contribution in [0.15, 0.2) is 53.2 Å². The molecule has 4 rings (SSSR count). The summed E-state index contributed by atoms with van der Waals surface area (Å²) in [5.41, 5.74) is 2.17. The molecule has 3 aromatic rings. The molecule has 0 aliphatic carbocycles. The maximum absolute atomic E-state index is 11.5. The molecule has 1 atom stereocenters. The van der Waals surface area contributed by atoms with Crippen LogP contribution in [0.1, 0.15) is 0 Å². The number of carbonyl (C=O) groups is 1. The second-order valence-corrected chi connectivity index (χ2v) is 7.50. The van der Waals surface area contributed by atoms with Crippen molar-refractivity contribution in [3.8, 4) is 16.9 Å². The number of aliphatic hydroxyl groups is 1. The summed E-state index contributed by atoms with van der Waals surface area (Å²) in [5, 5.41) is 19.6. The van der Waals surface area contributed by atoms with Gasteiger partial charge in [0.1, 0.15) is 18.5 Å². The number of ether oxygens (including phenoxy) is 1. The van der Waals surface area contributed by atoms with Gasteiger partial charge in [0.05, 0.1) is 6.54 Å².